The summed E-state index contributed by atoms with van der Waals surface area (Å²) in [5.74, 6) is 0.763. The van der Waals surface area contributed by atoms with Gasteiger partial charge in [-0.25, -0.2) is 0 Å². The summed E-state index contributed by atoms with van der Waals surface area (Å²) in [5, 5.41) is 9.52. The Morgan fingerprint density at radius 2 is 2.23 bits per heavy atom. The Balaban J connectivity index is 1.56. The number of amides is 1. The van der Waals surface area contributed by atoms with Gasteiger partial charge in [-0.15, -0.1) is 11.3 Å². The van der Waals surface area contributed by atoms with Gasteiger partial charge in [-0.2, -0.15) is 5.10 Å². The second-order valence-corrected chi connectivity index (χ2v) is 7.01. The quantitative estimate of drug-likeness (QED) is 0.884. The number of thiophene rings is 1. The number of aromatic nitrogens is 2. The maximum Gasteiger partial charge on any atom is 0.220 e. The van der Waals surface area contributed by atoms with Crippen molar-refractivity contribution in [2.75, 3.05) is 6.54 Å². The van der Waals surface area contributed by atoms with Crippen molar-refractivity contribution in [2.45, 2.75) is 44.6 Å². The second-order valence-electron chi connectivity index (χ2n) is 6.03. The summed E-state index contributed by atoms with van der Waals surface area (Å²) in [7, 11) is 0. The van der Waals surface area contributed by atoms with Crippen LogP contribution in [-0.2, 0) is 4.79 Å². The van der Waals surface area contributed by atoms with E-state index in [9.17, 15) is 4.79 Å². The highest BCUT2D eigenvalue weighted by Crippen LogP contribution is 2.26. The first kappa shape index (κ1) is 15.3. The van der Waals surface area contributed by atoms with Crippen molar-refractivity contribution in [3.05, 3.63) is 40.8 Å². The number of nitrogens with zero attached hydrogens (tertiary/aromatic N) is 2. The summed E-state index contributed by atoms with van der Waals surface area (Å²) in [5.41, 5.74) is 0. The highest BCUT2D eigenvalue weighted by Gasteiger charge is 2.19. The molecule has 0 radical (unpaired) electrons. The topological polar surface area (TPSA) is 46.9 Å². The van der Waals surface area contributed by atoms with Crippen LogP contribution >= 0.6 is 11.3 Å². The molecule has 1 saturated carbocycles. The lowest BCUT2D eigenvalue weighted by atomic mass is 9.87. The van der Waals surface area contributed by atoms with Crippen molar-refractivity contribution >= 4 is 17.2 Å². The standard InChI is InChI=1S/C17H23N3OS/c21-17(12-14-6-2-1-3-7-14)18-13-15(16-8-4-11-22-16)20-10-5-9-19-20/h4-5,8-11,14-15H,1-3,6-7,12-13H2,(H,18,21). The molecular weight excluding hydrogens is 294 g/mol. The third kappa shape index (κ3) is 3.97. The third-order valence-electron chi connectivity index (χ3n) is 4.41. The minimum Gasteiger partial charge on any atom is -0.354 e. The van der Waals surface area contributed by atoms with Gasteiger partial charge in [0.05, 0.1) is 0 Å². The van der Waals surface area contributed by atoms with Gasteiger partial charge in [0.2, 0.25) is 5.91 Å². The molecule has 5 heteroatoms. The zero-order valence-corrected chi connectivity index (χ0v) is 13.6. The summed E-state index contributed by atoms with van der Waals surface area (Å²) >= 11 is 1.70. The van der Waals surface area contributed by atoms with Crippen molar-refractivity contribution in [2.24, 2.45) is 5.92 Å². The molecule has 3 rings (SSSR count). The number of carbonyl (C=O) groups is 1. The largest absolute Gasteiger partial charge is 0.354 e. The molecule has 118 valence electrons. The van der Waals surface area contributed by atoms with Gasteiger partial charge in [-0.3, -0.25) is 9.48 Å². The zero-order chi connectivity index (χ0) is 15.2. The summed E-state index contributed by atoms with van der Waals surface area (Å²) in [6.07, 6.45) is 10.7. The maximum absolute atomic E-state index is 12.2. The maximum atomic E-state index is 12.2. The van der Waals surface area contributed by atoms with E-state index in [1.54, 1.807) is 17.5 Å². The Hall–Kier alpha value is -1.62. The molecule has 0 bridgehead atoms. The first-order valence-electron chi connectivity index (χ1n) is 8.12. The van der Waals surface area contributed by atoms with Gasteiger partial charge >= 0.3 is 0 Å². The van der Waals surface area contributed by atoms with Crippen LogP contribution < -0.4 is 5.32 Å². The van der Waals surface area contributed by atoms with Crippen molar-refractivity contribution in [1.82, 2.24) is 15.1 Å². The van der Waals surface area contributed by atoms with E-state index in [4.69, 9.17) is 0 Å². The average Bonchev–Trinajstić information content (AvgIpc) is 3.22. The number of hydrogen-bond acceptors (Lipinski definition) is 3. The molecule has 0 saturated heterocycles. The molecule has 0 aliphatic heterocycles. The van der Waals surface area contributed by atoms with Gasteiger partial charge < -0.3 is 5.32 Å². The average molecular weight is 317 g/mol. The lowest BCUT2D eigenvalue weighted by molar-refractivity contribution is -0.122. The molecule has 0 aromatic carbocycles. The highest BCUT2D eigenvalue weighted by molar-refractivity contribution is 7.10. The van der Waals surface area contributed by atoms with Crippen LogP contribution in [0.1, 0.15) is 49.4 Å². The minimum atomic E-state index is 0.0882. The van der Waals surface area contributed by atoms with Gasteiger partial charge in [-0.05, 0) is 36.3 Å². The minimum absolute atomic E-state index is 0.0882. The summed E-state index contributed by atoms with van der Waals surface area (Å²) in [4.78, 5) is 13.4. The lowest BCUT2D eigenvalue weighted by Gasteiger charge is -2.22. The van der Waals surface area contributed by atoms with Crippen LogP contribution in [0.15, 0.2) is 36.0 Å². The number of rotatable bonds is 6. The molecule has 1 atom stereocenters. The van der Waals surface area contributed by atoms with E-state index in [0.29, 0.717) is 18.9 Å². The zero-order valence-electron chi connectivity index (χ0n) is 12.8. The molecule has 22 heavy (non-hydrogen) atoms. The lowest BCUT2D eigenvalue weighted by Crippen LogP contribution is -2.32. The Labute approximate surface area is 135 Å². The number of hydrogen-bond donors (Lipinski definition) is 1. The summed E-state index contributed by atoms with van der Waals surface area (Å²) in [6, 6.07) is 6.15. The molecule has 1 aliphatic carbocycles. The molecule has 2 heterocycles. The van der Waals surface area contributed by atoms with Gasteiger partial charge in [0, 0.05) is 30.2 Å². The summed E-state index contributed by atoms with van der Waals surface area (Å²) < 4.78 is 1.92. The highest BCUT2D eigenvalue weighted by atomic mass is 32.1. The molecule has 1 amide bonds. The van der Waals surface area contributed by atoms with Crippen LogP contribution in [0, 0.1) is 5.92 Å². The molecule has 2 aromatic rings. The van der Waals surface area contributed by atoms with E-state index in [1.807, 2.05) is 23.0 Å². The third-order valence-corrected chi connectivity index (χ3v) is 5.38. The van der Waals surface area contributed by atoms with Gasteiger partial charge in [-0.1, -0.05) is 25.3 Å². The Kier molecular flexibility index (Phi) is 5.27. The fourth-order valence-electron chi connectivity index (χ4n) is 3.21. The fraction of sp³-hybridized carbons (Fsp3) is 0.529. The van der Waals surface area contributed by atoms with Crippen molar-refractivity contribution in [1.29, 1.82) is 0 Å². The van der Waals surface area contributed by atoms with Crippen LogP contribution in [-0.4, -0.2) is 22.2 Å². The molecule has 1 aliphatic rings. The fourth-order valence-corrected chi connectivity index (χ4v) is 4.03. The van der Waals surface area contributed by atoms with Crippen LogP contribution in [0.3, 0.4) is 0 Å². The predicted octanol–water partition coefficient (Wildman–Crippen LogP) is 3.62. The van der Waals surface area contributed by atoms with E-state index in [-0.39, 0.29) is 11.9 Å². The molecule has 1 N–H and O–H groups in total. The normalized spacial score (nSPS) is 17.3. The SMILES string of the molecule is O=C(CC1CCCCC1)NCC(c1cccs1)n1cccn1. The van der Waals surface area contributed by atoms with E-state index >= 15 is 0 Å². The predicted molar refractivity (Wildman–Crippen MR) is 88.9 cm³/mol. The molecular formula is C17H23N3OS. The molecule has 2 aromatic heterocycles. The number of carbonyl (C=O) groups excluding carboxylic acids is 1. The van der Waals surface area contributed by atoms with Gasteiger partial charge in [0.25, 0.3) is 0 Å². The second kappa shape index (κ2) is 7.58. The first-order chi connectivity index (χ1) is 10.8. The first-order valence-corrected chi connectivity index (χ1v) is 9.00. The van der Waals surface area contributed by atoms with Crippen molar-refractivity contribution in [3.63, 3.8) is 0 Å². The van der Waals surface area contributed by atoms with Crippen LogP contribution in [0.25, 0.3) is 0 Å². The molecule has 4 nitrogen and oxygen atoms in total. The van der Waals surface area contributed by atoms with E-state index < -0.39 is 0 Å². The molecule has 0 spiro atoms. The molecule has 1 unspecified atom stereocenters. The Morgan fingerprint density at radius 3 is 2.91 bits per heavy atom. The summed E-state index contributed by atoms with van der Waals surface area (Å²) in [6.45, 7) is 0.605. The van der Waals surface area contributed by atoms with E-state index in [0.717, 1.165) is 0 Å². The smallest absolute Gasteiger partial charge is 0.220 e. The number of nitrogens with one attached hydrogen (secondary N) is 1. The van der Waals surface area contributed by atoms with E-state index in [2.05, 4.69) is 21.9 Å². The van der Waals surface area contributed by atoms with Crippen molar-refractivity contribution < 1.29 is 4.79 Å². The van der Waals surface area contributed by atoms with E-state index in [1.165, 1.54) is 37.0 Å². The van der Waals surface area contributed by atoms with Gasteiger partial charge in [0.1, 0.15) is 6.04 Å². The van der Waals surface area contributed by atoms with Crippen molar-refractivity contribution in [3.8, 4) is 0 Å². The Morgan fingerprint density at radius 1 is 1.36 bits per heavy atom. The molecule has 1 fully saturated rings. The van der Waals surface area contributed by atoms with Gasteiger partial charge in [0.15, 0.2) is 0 Å². The monoisotopic (exact) mass is 317 g/mol. The van der Waals surface area contributed by atoms with Crippen LogP contribution in [0.4, 0.5) is 0 Å². The van der Waals surface area contributed by atoms with Crippen LogP contribution in [0.2, 0.25) is 0 Å². The Bertz CT molecular complexity index is 525. The van der Waals surface area contributed by atoms with Crippen LogP contribution in [0.5, 0.6) is 0 Å².